The van der Waals surface area contributed by atoms with Gasteiger partial charge in [-0.25, -0.2) is 0 Å². The van der Waals surface area contributed by atoms with Crippen LogP contribution in [0.15, 0.2) is 0 Å². The molecule has 0 aliphatic carbocycles. The lowest BCUT2D eigenvalue weighted by Crippen LogP contribution is -2.30. The van der Waals surface area contributed by atoms with Crippen molar-refractivity contribution >= 4 is 5.78 Å². The maximum atomic E-state index is 11.5. The Morgan fingerprint density at radius 3 is 2.00 bits per heavy atom. The average Bonchev–Trinajstić information content (AvgIpc) is 1.82. The van der Waals surface area contributed by atoms with Crippen LogP contribution in [0.3, 0.4) is 0 Å². The van der Waals surface area contributed by atoms with Gasteiger partial charge in [-0.05, 0) is 12.3 Å². The van der Waals surface area contributed by atoms with E-state index in [0.29, 0.717) is 6.42 Å². The number of hydrogen-bond acceptors (Lipinski definition) is 2. The molecular weight excluding hydrogens is 150 g/mol. The standard InChI is InChI=1S/C10H21NO/c1-7(11)6-9(12)8(2)10(3,4)5/h7-8H,6,11H2,1-5H3. The van der Waals surface area contributed by atoms with Gasteiger partial charge in [0.05, 0.1) is 0 Å². The molecule has 0 spiro atoms. The lowest BCUT2D eigenvalue weighted by molar-refractivity contribution is -0.125. The average molecular weight is 171 g/mol. The summed E-state index contributed by atoms with van der Waals surface area (Å²) in [6.45, 7) is 10.1. The van der Waals surface area contributed by atoms with Crippen molar-refractivity contribution in [3.05, 3.63) is 0 Å². The smallest absolute Gasteiger partial charge is 0.137 e. The van der Waals surface area contributed by atoms with Gasteiger partial charge in [0.25, 0.3) is 0 Å². The van der Waals surface area contributed by atoms with Crippen molar-refractivity contribution in [1.82, 2.24) is 0 Å². The number of carbonyl (C=O) groups is 1. The maximum Gasteiger partial charge on any atom is 0.137 e. The highest BCUT2D eigenvalue weighted by Gasteiger charge is 2.26. The highest BCUT2D eigenvalue weighted by Crippen LogP contribution is 2.26. The molecule has 0 bridgehead atoms. The molecule has 12 heavy (non-hydrogen) atoms. The monoisotopic (exact) mass is 171 g/mol. The first-order chi connectivity index (χ1) is 5.25. The Bertz CT molecular complexity index is 156. The number of carbonyl (C=O) groups excluding carboxylic acids is 1. The van der Waals surface area contributed by atoms with Crippen molar-refractivity contribution in [2.24, 2.45) is 17.1 Å². The molecule has 0 aromatic rings. The van der Waals surface area contributed by atoms with Crippen molar-refractivity contribution in [3.63, 3.8) is 0 Å². The summed E-state index contributed by atoms with van der Waals surface area (Å²) in [6.07, 6.45) is 0.498. The summed E-state index contributed by atoms with van der Waals surface area (Å²) in [7, 11) is 0. The van der Waals surface area contributed by atoms with E-state index in [1.807, 2.05) is 13.8 Å². The van der Waals surface area contributed by atoms with E-state index in [4.69, 9.17) is 5.73 Å². The van der Waals surface area contributed by atoms with E-state index in [9.17, 15) is 4.79 Å². The molecule has 2 nitrogen and oxygen atoms in total. The largest absolute Gasteiger partial charge is 0.328 e. The Kier molecular flexibility index (Phi) is 3.91. The Morgan fingerprint density at radius 2 is 1.75 bits per heavy atom. The summed E-state index contributed by atoms with van der Waals surface area (Å²) in [6, 6.07) is -0.0118. The zero-order chi connectivity index (χ0) is 9.94. The van der Waals surface area contributed by atoms with E-state index in [0.717, 1.165) is 0 Å². The summed E-state index contributed by atoms with van der Waals surface area (Å²) in [5, 5.41) is 0. The predicted molar refractivity (Wildman–Crippen MR) is 51.9 cm³/mol. The fourth-order valence-electron chi connectivity index (χ4n) is 0.977. The number of rotatable bonds is 3. The molecule has 0 aromatic carbocycles. The Labute approximate surface area is 75.5 Å². The van der Waals surface area contributed by atoms with Crippen LogP contribution in [0.25, 0.3) is 0 Å². The van der Waals surface area contributed by atoms with Crippen molar-refractivity contribution in [1.29, 1.82) is 0 Å². The van der Waals surface area contributed by atoms with Crippen LogP contribution < -0.4 is 5.73 Å². The van der Waals surface area contributed by atoms with Gasteiger partial charge in [-0.1, -0.05) is 27.7 Å². The second-order valence-electron chi connectivity index (χ2n) is 4.74. The molecule has 72 valence electrons. The lowest BCUT2D eigenvalue weighted by Gasteiger charge is -2.26. The van der Waals surface area contributed by atoms with Crippen LogP contribution in [-0.2, 0) is 4.79 Å². The minimum Gasteiger partial charge on any atom is -0.328 e. The van der Waals surface area contributed by atoms with Gasteiger partial charge in [-0.3, -0.25) is 4.79 Å². The van der Waals surface area contributed by atoms with Crippen LogP contribution in [0.1, 0.15) is 41.0 Å². The summed E-state index contributed by atoms with van der Waals surface area (Å²) in [5.41, 5.74) is 5.62. The summed E-state index contributed by atoms with van der Waals surface area (Å²) in [5.74, 6) is 0.376. The number of hydrogen-bond donors (Lipinski definition) is 1. The van der Waals surface area contributed by atoms with Crippen LogP contribution in [0.2, 0.25) is 0 Å². The van der Waals surface area contributed by atoms with E-state index in [2.05, 4.69) is 20.8 Å². The quantitative estimate of drug-likeness (QED) is 0.705. The minimum atomic E-state index is -0.0118. The molecule has 0 saturated heterocycles. The molecule has 2 heteroatoms. The van der Waals surface area contributed by atoms with Gasteiger partial charge in [-0.2, -0.15) is 0 Å². The molecular formula is C10H21NO. The van der Waals surface area contributed by atoms with Gasteiger partial charge in [0, 0.05) is 18.4 Å². The van der Waals surface area contributed by atoms with Gasteiger partial charge >= 0.3 is 0 Å². The predicted octanol–water partition coefficient (Wildman–Crippen LogP) is 1.97. The van der Waals surface area contributed by atoms with Gasteiger partial charge in [0.1, 0.15) is 5.78 Å². The fraction of sp³-hybridized carbons (Fsp3) is 0.900. The lowest BCUT2D eigenvalue weighted by atomic mass is 9.78. The van der Waals surface area contributed by atoms with Crippen LogP contribution in [0, 0.1) is 11.3 Å². The van der Waals surface area contributed by atoms with E-state index < -0.39 is 0 Å². The maximum absolute atomic E-state index is 11.5. The number of ketones is 1. The second-order valence-corrected chi connectivity index (χ2v) is 4.74. The van der Waals surface area contributed by atoms with Crippen LogP contribution >= 0.6 is 0 Å². The Balaban J connectivity index is 4.12. The van der Waals surface area contributed by atoms with Crippen LogP contribution in [0.5, 0.6) is 0 Å². The molecule has 0 aliphatic heterocycles. The number of Topliss-reactive ketones (excluding diaryl/α,β-unsaturated/α-hetero) is 1. The van der Waals surface area contributed by atoms with Gasteiger partial charge < -0.3 is 5.73 Å². The van der Waals surface area contributed by atoms with Crippen LogP contribution in [-0.4, -0.2) is 11.8 Å². The third-order valence-electron chi connectivity index (χ3n) is 2.31. The molecule has 0 heterocycles. The Hall–Kier alpha value is -0.370. The van der Waals surface area contributed by atoms with Crippen LogP contribution in [0.4, 0.5) is 0 Å². The summed E-state index contributed by atoms with van der Waals surface area (Å²) < 4.78 is 0. The second kappa shape index (κ2) is 4.04. The third-order valence-corrected chi connectivity index (χ3v) is 2.31. The molecule has 0 aromatic heterocycles. The molecule has 2 N–H and O–H groups in total. The van der Waals surface area contributed by atoms with E-state index in [-0.39, 0.29) is 23.2 Å². The van der Waals surface area contributed by atoms with E-state index in [1.165, 1.54) is 0 Å². The third kappa shape index (κ3) is 3.86. The van der Waals surface area contributed by atoms with Gasteiger partial charge in [0.2, 0.25) is 0 Å². The summed E-state index contributed by atoms with van der Waals surface area (Å²) in [4.78, 5) is 11.5. The fourth-order valence-corrected chi connectivity index (χ4v) is 0.977. The van der Waals surface area contributed by atoms with Crippen molar-refractivity contribution < 1.29 is 4.79 Å². The highest BCUT2D eigenvalue weighted by molar-refractivity contribution is 5.81. The minimum absolute atomic E-state index is 0.0118. The van der Waals surface area contributed by atoms with Crippen molar-refractivity contribution in [2.75, 3.05) is 0 Å². The van der Waals surface area contributed by atoms with E-state index in [1.54, 1.807) is 0 Å². The first kappa shape index (κ1) is 11.6. The first-order valence-electron chi connectivity index (χ1n) is 4.53. The molecule has 0 rings (SSSR count). The van der Waals surface area contributed by atoms with Crippen molar-refractivity contribution in [3.8, 4) is 0 Å². The molecule has 0 radical (unpaired) electrons. The molecule has 0 saturated carbocycles. The topological polar surface area (TPSA) is 43.1 Å². The van der Waals surface area contributed by atoms with Crippen molar-refractivity contribution in [2.45, 2.75) is 47.1 Å². The van der Waals surface area contributed by atoms with Gasteiger partial charge in [-0.15, -0.1) is 0 Å². The Morgan fingerprint density at radius 1 is 1.33 bits per heavy atom. The highest BCUT2D eigenvalue weighted by atomic mass is 16.1. The normalized spacial score (nSPS) is 17.2. The first-order valence-corrected chi connectivity index (χ1v) is 4.53. The molecule has 2 unspecified atom stereocenters. The zero-order valence-electron chi connectivity index (χ0n) is 8.85. The SMILES string of the molecule is CC(N)CC(=O)C(C)C(C)(C)C. The summed E-state index contributed by atoms with van der Waals surface area (Å²) >= 11 is 0. The molecule has 2 atom stereocenters. The molecule has 0 aliphatic rings. The number of nitrogens with two attached hydrogens (primary N) is 1. The van der Waals surface area contributed by atoms with E-state index >= 15 is 0 Å². The molecule has 0 fully saturated rings. The zero-order valence-corrected chi connectivity index (χ0v) is 8.85. The van der Waals surface area contributed by atoms with Gasteiger partial charge in [0.15, 0.2) is 0 Å². The molecule has 0 amide bonds.